The quantitative estimate of drug-likeness (QED) is 0.466. The van der Waals surface area contributed by atoms with Crippen molar-refractivity contribution in [1.29, 1.82) is 0 Å². The van der Waals surface area contributed by atoms with Gasteiger partial charge in [0.15, 0.2) is 5.11 Å². The summed E-state index contributed by atoms with van der Waals surface area (Å²) in [4.78, 5) is 12.4. The molecule has 3 rings (SSSR count). The fourth-order valence-electron chi connectivity index (χ4n) is 2.91. The third-order valence-corrected chi connectivity index (χ3v) is 4.66. The van der Waals surface area contributed by atoms with E-state index in [2.05, 4.69) is 10.6 Å². The van der Waals surface area contributed by atoms with E-state index in [0.717, 1.165) is 25.1 Å². The number of anilines is 1. The van der Waals surface area contributed by atoms with Gasteiger partial charge in [0.2, 0.25) is 0 Å². The number of ether oxygens (including phenoxy) is 4. The Labute approximate surface area is 181 Å². The highest BCUT2D eigenvalue weighted by molar-refractivity contribution is 7.80. The van der Waals surface area contributed by atoms with Crippen molar-refractivity contribution in [3.05, 3.63) is 54.1 Å². The third kappa shape index (κ3) is 6.98. The van der Waals surface area contributed by atoms with Crippen LogP contribution >= 0.6 is 12.2 Å². The zero-order valence-electron chi connectivity index (χ0n) is 16.9. The lowest BCUT2D eigenvalue weighted by atomic mass is 10.2. The molecule has 0 aliphatic carbocycles. The number of carbonyl (C=O) groups excluding carboxylic acids is 1. The van der Waals surface area contributed by atoms with Gasteiger partial charge in [0, 0.05) is 31.0 Å². The summed E-state index contributed by atoms with van der Waals surface area (Å²) in [7, 11) is 1.61. The maximum atomic E-state index is 12.4. The SMILES string of the molecule is COCCOc1ccc(C(=O)NC(=S)Nc2cccc(OCC3CCCO3)c2)cc1. The van der Waals surface area contributed by atoms with Gasteiger partial charge in [-0.2, -0.15) is 0 Å². The Morgan fingerprint density at radius 3 is 2.70 bits per heavy atom. The van der Waals surface area contributed by atoms with Crippen LogP contribution in [0.2, 0.25) is 0 Å². The minimum Gasteiger partial charge on any atom is -0.491 e. The summed E-state index contributed by atoms with van der Waals surface area (Å²) >= 11 is 5.26. The van der Waals surface area contributed by atoms with E-state index in [0.29, 0.717) is 36.9 Å². The van der Waals surface area contributed by atoms with Gasteiger partial charge in [-0.25, -0.2) is 0 Å². The Morgan fingerprint density at radius 2 is 1.97 bits per heavy atom. The van der Waals surface area contributed by atoms with Crippen molar-refractivity contribution < 1.29 is 23.7 Å². The first kappa shape index (κ1) is 22.0. The zero-order chi connectivity index (χ0) is 21.2. The Morgan fingerprint density at radius 1 is 1.13 bits per heavy atom. The van der Waals surface area contributed by atoms with Crippen molar-refractivity contribution in [2.75, 3.05) is 38.9 Å². The van der Waals surface area contributed by atoms with Crippen LogP contribution in [0.5, 0.6) is 11.5 Å². The van der Waals surface area contributed by atoms with E-state index in [1.807, 2.05) is 24.3 Å². The molecular formula is C22H26N2O5S. The van der Waals surface area contributed by atoms with Crippen LogP contribution in [0, 0.1) is 0 Å². The highest BCUT2D eigenvalue weighted by Crippen LogP contribution is 2.20. The maximum absolute atomic E-state index is 12.4. The first-order valence-corrected chi connectivity index (χ1v) is 10.2. The van der Waals surface area contributed by atoms with Crippen LogP contribution in [-0.2, 0) is 9.47 Å². The van der Waals surface area contributed by atoms with Gasteiger partial charge < -0.3 is 24.3 Å². The first-order chi connectivity index (χ1) is 14.6. The summed E-state index contributed by atoms with van der Waals surface area (Å²) in [5.41, 5.74) is 1.21. The molecule has 2 aromatic carbocycles. The number of thiocarbonyl (C=S) groups is 1. The molecule has 8 heteroatoms. The lowest BCUT2D eigenvalue weighted by Gasteiger charge is -2.13. The number of amides is 1. The summed E-state index contributed by atoms with van der Waals surface area (Å²) in [5, 5.41) is 5.88. The topological polar surface area (TPSA) is 78.1 Å². The summed E-state index contributed by atoms with van der Waals surface area (Å²) < 4.78 is 21.8. The van der Waals surface area contributed by atoms with Crippen molar-refractivity contribution in [1.82, 2.24) is 5.32 Å². The number of hydrogen-bond donors (Lipinski definition) is 2. The second-order valence-electron chi connectivity index (χ2n) is 6.75. The summed E-state index contributed by atoms with van der Waals surface area (Å²) in [6, 6.07) is 14.2. The molecule has 0 aromatic heterocycles. The summed E-state index contributed by atoms with van der Waals surface area (Å²) in [6.07, 6.45) is 2.25. The van der Waals surface area contributed by atoms with Crippen LogP contribution in [0.4, 0.5) is 5.69 Å². The predicted octanol–water partition coefficient (Wildman–Crippen LogP) is 3.40. The molecule has 30 heavy (non-hydrogen) atoms. The number of methoxy groups -OCH3 is 1. The lowest BCUT2D eigenvalue weighted by Crippen LogP contribution is -2.34. The van der Waals surface area contributed by atoms with E-state index in [9.17, 15) is 4.79 Å². The van der Waals surface area contributed by atoms with E-state index in [-0.39, 0.29) is 17.1 Å². The second-order valence-corrected chi connectivity index (χ2v) is 7.16. The smallest absolute Gasteiger partial charge is 0.257 e. The molecule has 1 unspecified atom stereocenters. The van der Waals surface area contributed by atoms with E-state index >= 15 is 0 Å². The van der Waals surface area contributed by atoms with Gasteiger partial charge in [-0.15, -0.1) is 0 Å². The molecule has 1 atom stereocenters. The molecule has 1 heterocycles. The van der Waals surface area contributed by atoms with Gasteiger partial charge in [-0.3, -0.25) is 10.1 Å². The van der Waals surface area contributed by atoms with E-state index in [1.165, 1.54) is 0 Å². The fraction of sp³-hybridized carbons (Fsp3) is 0.364. The highest BCUT2D eigenvalue weighted by Gasteiger charge is 2.16. The van der Waals surface area contributed by atoms with E-state index < -0.39 is 0 Å². The molecule has 7 nitrogen and oxygen atoms in total. The van der Waals surface area contributed by atoms with Gasteiger partial charge in [0.05, 0.1) is 12.7 Å². The van der Waals surface area contributed by atoms with Gasteiger partial charge in [-0.05, 0) is 61.5 Å². The van der Waals surface area contributed by atoms with Crippen molar-refractivity contribution in [3.8, 4) is 11.5 Å². The van der Waals surface area contributed by atoms with Crippen LogP contribution in [-0.4, -0.2) is 50.7 Å². The number of rotatable bonds is 9. The molecular weight excluding hydrogens is 404 g/mol. The Balaban J connectivity index is 1.47. The first-order valence-electron chi connectivity index (χ1n) is 9.82. The molecule has 1 amide bonds. The molecule has 2 N–H and O–H groups in total. The number of benzene rings is 2. The predicted molar refractivity (Wildman–Crippen MR) is 118 cm³/mol. The normalized spacial score (nSPS) is 15.4. The molecule has 1 aliphatic rings. The molecule has 1 fully saturated rings. The highest BCUT2D eigenvalue weighted by atomic mass is 32.1. The Bertz CT molecular complexity index is 838. The molecule has 0 radical (unpaired) electrons. The van der Waals surface area contributed by atoms with Crippen molar-refractivity contribution >= 4 is 28.9 Å². The monoisotopic (exact) mass is 430 g/mol. The zero-order valence-corrected chi connectivity index (χ0v) is 17.7. The number of carbonyl (C=O) groups is 1. The maximum Gasteiger partial charge on any atom is 0.257 e. The molecule has 0 spiro atoms. The van der Waals surface area contributed by atoms with Gasteiger partial charge in [-0.1, -0.05) is 6.07 Å². The molecule has 0 bridgehead atoms. The fourth-order valence-corrected chi connectivity index (χ4v) is 3.12. The average Bonchev–Trinajstić information content (AvgIpc) is 3.27. The van der Waals surface area contributed by atoms with Gasteiger partial charge in [0.25, 0.3) is 5.91 Å². The van der Waals surface area contributed by atoms with Gasteiger partial charge in [0.1, 0.15) is 24.7 Å². The van der Waals surface area contributed by atoms with E-state index in [1.54, 1.807) is 31.4 Å². The average molecular weight is 431 g/mol. The van der Waals surface area contributed by atoms with E-state index in [4.69, 9.17) is 31.2 Å². The largest absolute Gasteiger partial charge is 0.491 e. The standard InChI is InChI=1S/C22H26N2O5S/c1-26-12-13-28-18-9-7-16(8-10-18)21(25)24-22(30)23-17-4-2-5-19(14-17)29-15-20-6-3-11-27-20/h2,4-5,7-10,14,20H,3,6,11-13,15H2,1H3,(H2,23,24,25,30). The van der Waals surface area contributed by atoms with Crippen molar-refractivity contribution in [2.24, 2.45) is 0 Å². The Kier molecular flexibility index (Phi) is 8.43. The van der Waals surface area contributed by atoms with Crippen LogP contribution in [0.25, 0.3) is 0 Å². The van der Waals surface area contributed by atoms with Crippen molar-refractivity contribution in [2.45, 2.75) is 18.9 Å². The van der Waals surface area contributed by atoms with Crippen LogP contribution in [0.3, 0.4) is 0 Å². The van der Waals surface area contributed by atoms with Crippen LogP contribution in [0.15, 0.2) is 48.5 Å². The number of hydrogen-bond acceptors (Lipinski definition) is 6. The lowest BCUT2D eigenvalue weighted by molar-refractivity contribution is 0.0680. The molecule has 2 aromatic rings. The second kappa shape index (κ2) is 11.5. The molecule has 160 valence electrons. The minimum atomic E-state index is -0.304. The Hall–Kier alpha value is -2.68. The minimum absolute atomic E-state index is 0.152. The molecule has 0 saturated carbocycles. The van der Waals surface area contributed by atoms with Crippen LogP contribution in [0.1, 0.15) is 23.2 Å². The summed E-state index contributed by atoms with van der Waals surface area (Å²) in [5.74, 6) is 1.08. The molecule has 1 saturated heterocycles. The third-order valence-electron chi connectivity index (χ3n) is 4.45. The van der Waals surface area contributed by atoms with Crippen LogP contribution < -0.4 is 20.1 Å². The molecule has 1 aliphatic heterocycles. The number of nitrogens with one attached hydrogen (secondary N) is 2. The summed E-state index contributed by atoms with van der Waals surface area (Å²) in [6.45, 7) is 2.28. The van der Waals surface area contributed by atoms with Crippen molar-refractivity contribution in [3.63, 3.8) is 0 Å². The van der Waals surface area contributed by atoms with Gasteiger partial charge >= 0.3 is 0 Å².